The summed E-state index contributed by atoms with van der Waals surface area (Å²) in [6.45, 7) is 7.58. The lowest BCUT2D eigenvalue weighted by atomic mass is 10.2. The van der Waals surface area contributed by atoms with E-state index < -0.39 is 0 Å². The van der Waals surface area contributed by atoms with E-state index in [0.29, 0.717) is 5.92 Å². The minimum Gasteiger partial charge on any atom is -0.370 e. The highest BCUT2D eigenvalue weighted by molar-refractivity contribution is 7.99. The number of anilines is 2. The lowest BCUT2D eigenvalue weighted by Crippen LogP contribution is -2.28. The monoisotopic (exact) mass is 306 g/mol. The Hall–Kier alpha value is -0.970. The van der Waals surface area contributed by atoms with Crippen LogP contribution in [0.15, 0.2) is 0 Å². The van der Waals surface area contributed by atoms with Gasteiger partial charge in [0.1, 0.15) is 17.5 Å². The predicted molar refractivity (Wildman–Crippen MR) is 91.7 cm³/mol. The van der Waals surface area contributed by atoms with Crippen LogP contribution in [0.1, 0.15) is 49.9 Å². The first-order valence-corrected chi connectivity index (χ1v) is 9.40. The van der Waals surface area contributed by atoms with Gasteiger partial charge >= 0.3 is 0 Å². The molecule has 5 heteroatoms. The Balaban J connectivity index is 1.90. The van der Waals surface area contributed by atoms with E-state index in [4.69, 9.17) is 9.97 Å². The fraction of sp³-hybridized carbons (Fsp3) is 0.750. The van der Waals surface area contributed by atoms with Crippen molar-refractivity contribution in [3.8, 4) is 0 Å². The molecule has 1 saturated carbocycles. The Bertz CT molecular complexity index is 479. The minimum absolute atomic E-state index is 0.605. The van der Waals surface area contributed by atoms with Crippen molar-refractivity contribution >= 4 is 23.4 Å². The van der Waals surface area contributed by atoms with Crippen molar-refractivity contribution in [3.05, 3.63) is 11.4 Å². The molecular weight excluding hydrogens is 280 g/mol. The zero-order valence-electron chi connectivity index (χ0n) is 13.2. The number of aromatic nitrogens is 2. The van der Waals surface area contributed by atoms with E-state index in [1.807, 2.05) is 0 Å². The SMILES string of the molecule is CCCNc1nc(C2CC2)nc(N2CCCSCC2)c1C. The third kappa shape index (κ3) is 3.62. The molecule has 0 spiro atoms. The summed E-state index contributed by atoms with van der Waals surface area (Å²) in [4.78, 5) is 12.2. The molecule has 1 aromatic heterocycles. The summed E-state index contributed by atoms with van der Waals surface area (Å²) >= 11 is 2.06. The van der Waals surface area contributed by atoms with Crippen molar-refractivity contribution in [3.63, 3.8) is 0 Å². The lowest BCUT2D eigenvalue weighted by molar-refractivity contribution is 0.780. The summed E-state index contributed by atoms with van der Waals surface area (Å²) < 4.78 is 0. The summed E-state index contributed by atoms with van der Waals surface area (Å²) in [5.41, 5.74) is 1.22. The van der Waals surface area contributed by atoms with Gasteiger partial charge in [0.25, 0.3) is 0 Å². The predicted octanol–water partition coefficient (Wildman–Crippen LogP) is 3.43. The summed E-state index contributed by atoms with van der Waals surface area (Å²) in [7, 11) is 0. The molecule has 0 bridgehead atoms. The summed E-state index contributed by atoms with van der Waals surface area (Å²) in [6, 6.07) is 0. The van der Waals surface area contributed by atoms with Crippen LogP contribution in [0.25, 0.3) is 0 Å². The molecule has 2 aliphatic rings. The molecule has 3 rings (SSSR count). The molecule has 1 aromatic rings. The maximum Gasteiger partial charge on any atom is 0.137 e. The highest BCUT2D eigenvalue weighted by Gasteiger charge is 2.29. The van der Waals surface area contributed by atoms with Gasteiger partial charge in [0.15, 0.2) is 0 Å². The minimum atomic E-state index is 0.605. The lowest BCUT2D eigenvalue weighted by Gasteiger charge is -2.25. The van der Waals surface area contributed by atoms with E-state index in [0.717, 1.165) is 37.7 Å². The second-order valence-corrected chi connectivity index (χ2v) is 7.26. The Labute approximate surface area is 132 Å². The van der Waals surface area contributed by atoms with E-state index in [1.165, 1.54) is 42.1 Å². The van der Waals surface area contributed by atoms with Gasteiger partial charge in [0.05, 0.1) is 0 Å². The fourth-order valence-electron chi connectivity index (χ4n) is 2.73. The third-order valence-electron chi connectivity index (χ3n) is 4.14. The molecule has 2 fully saturated rings. The second-order valence-electron chi connectivity index (χ2n) is 6.03. The van der Waals surface area contributed by atoms with Crippen LogP contribution in [0.3, 0.4) is 0 Å². The molecule has 1 aliphatic heterocycles. The molecule has 1 saturated heterocycles. The number of thioether (sulfide) groups is 1. The highest BCUT2D eigenvalue weighted by Crippen LogP contribution is 2.40. The van der Waals surface area contributed by atoms with E-state index in [1.54, 1.807) is 0 Å². The first kappa shape index (κ1) is 14.9. The van der Waals surface area contributed by atoms with Gasteiger partial charge in [-0.15, -0.1) is 0 Å². The smallest absolute Gasteiger partial charge is 0.137 e. The molecule has 2 heterocycles. The van der Waals surface area contributed by atoms with E-state index in [2.05, 4.69) is 35.8 Å². The molecule has 0 unspecified atom stereocenters. The molecule has 0 aromatic carbocycles. The van der Waals surface area contributed by atoms with Gasteiger partial charge in [0, 0.05) is 36.9 Å². The number of hydrogen-bond donors (Lipinski definition) is 1. The summed E-state index contributed by atoms with van der Waals surface area (Å²) in [5.74, 6) is 6.38. The van der Waals surface area contributed by atoms with E-state index in [9.17, 15) is 0 Å². The molecule has 116 valence electrons. The van der Waals surface area contributed by atoms with Crippen molar-refractivity contribution in [2.75, 3.05) is 41.4 Å². The van der Waals surface area contributed by atoms with E-state index in [-0.39, 0.29) is 0 Å². The van der Waals surface area contributed by atoms with Gasteiger partial charge < -0.3 is 10.2 Å². The van der Waals surface area contributed by atoms with Crippen molar-refractivity contribution in [2.24, 2.45) is 0 Å². The average Bonchev–Trinajstić information content (AvgIpc) is 3.32. The zero-order valence-corrected chi connectivity index (χ0v) is 14.0. The maximum atomic E-state index is 4.93. The van der Waals surface area contributed by atoms with Crippen LogP contribution in [0, 0.1) is 6.92 Å². The second kappa shape index (κ2) is 6.86. The van der Waals surface area contributed by atoms with Crippen LogP contribution >= 0.6 is 11.8 Å². The Morgan fingerprint density at radius 2 is 2.10 bits per heavy atom. The fourth-order valence-corrected chi connectivity index (χ4v) is 3.61. The topological polar surface area (TPSA) is 41.1 Å². The summed E-state index contributed by atoms with van der Waals surface area (Å²) in [5, 5.41) is 3.50. The molecule has 0 radical (unpaired) electrons. The van der Waals surface area contributed by atoms with Gasteiger partial charge in [0.2, 0.25) is 0 Å². The van der Waals surface area contributed by atoms with Crippen LogP contribution < -0.4 is 10.2 Å². The highest BCUT2D eigenvalue weighted by atomic mass is 32.2. The van der Waals surface area contributed by atoms with Crippen LogP contribution in [-0.2, 0) is 0 Å². The van der Waals surface area contributed by atoms with Crippen molar-refractivity contribution < 1.29 is 0 Å². The van der Waals surface area contributed by atoms with Gasteiger partial charge in [-0.2, -0.15) is 11.8 Å². The Kier molecular flexibility index (Phi) is 4.88. The zero-order chi connectivity index (χ0) is 14.7. The number of nitrogens with one attached hydrogen (secondary N) is 1. The van der Waals surface area contributed by atoms with Gasteiger partial charge in [-0.3, -0.25) is 0 Å². The normalized spacial score (nSPS) is 19.4. The molecule has 1 aliphatic carbocycles. The quantitative estimate of drug-likeness (QED) is 0.902. The number of nitrogens with zero attached hydrogens (tertiary/aromatic N) is 3. The van der Waals surface area contributed by atoms with Crippen LogP contribution in [-0.4, -0.2) is 41.1 Å². The summed E-state index contributed by atoms with van der Waals surface area (Å²) in [6.07, 6.45) is 4.89. The van der Waals surface area contributed by atoms with Crippen LogP contribution in [0.4, 0.5) is 11.6 Å². The number of hydrogen-bond acceptors (Lipinski definition) is 5. The third-order valence-corrected chi connectivity index (χ3v) is 5.19. The standard InChI is InChI=1S/C16H26N4S/c1-3-7-17-14-12(2)16(19-15(18-14)13-5-6-13)20-8-4-10-21-11-9-20/h13H,3-11H2,1-2H3,(H,17,18,19). The van der Waals surface area contributed by atoms with Gasteiger partial charge in [-0.05, 0) is 38.4 Å². The first-order valence-electron chi connectivity index (χ1n) is 8.24. The van der Waals surface area contributed by atoms with E-state index >= 15 is 0 Å². The average molecular weight is 306 g/mol. The Morgan fingerprint density at radius 1 is 1.24 bits per heavy atom. The van der Waals surface area contributed by atoms with Crippen LogP contribution in [0.5, 0.6) is 0 Å². The van der Waals surface area contributed by atoms with Gasteiger partial charge in [-0.1, -0.05) is 6.92 Å². The molecule has 21 heavy (non-hydrogen) atoms. The first-order chi connectivity index (χ1) is 10.3. The molecule has 4 nitrogen and oxygen atoms in total. The molecule has 0 amide bonds. The van der Waals surface area contributed by atoms with Crippen molar-refractivity contribution in [1.29, 1.82) is 0 Å². The molecule has 1 N–H and O–H groups in total. The van der Waals surface area contributed by atoms with Crippen molar-refractivity contribution in [1.82, 2.24) is 9.97 Å². The van der Waals surface area contributed by atoms with Crippen LogP contribution in [0.2, 0.25) is 0 Å². The molecule has 0 atom stereocenters. The maximum absolute atomic E-state index is 4.93. The Morgan fingerprint density at radius 3 is 2.86 bits per heavy atom. The largest absolute Gasteiger partial charge is 0.370 e. The number of rotatable bonds is 5. The van der Waals surface area contributed by atoms with Crippen molar-refractivity contribution in [2.45, 2.75) is 45.4 Å². The molecular formula is C16H26N4S. The van der Waals surface area contributed by atoms with Gasteiger partial charge in [-0.25, -0.2) is 9.97 Å².